The van der Waals surface area contributed by atoms with Gasteiger partial charge in [0.25, 0.3) is 0 Å². The number of rotatable bonds is 5. The summed E-state index contributed by atoms with van der Waals surface area (Å²) in [6.07, 6.45) is 1.74. The summed E-state index contributed by atoms with van der Waals surface area (Å²) in [5.41, 5.74) is 1.59. The number of para-hydroxylation sites is 1. The molecule has 0 fully saturated rings. The molecule has 1 aromatic heterocycles. The molecule has 0 radical (unpaired) electrons. The monoisotopic (exact) mass is 244 g/mol. The summed E-state index contributed by atoms with van der Waals surface area (Å²) in [7, 11) is 0. The molecule has 0 aliphatic carbocycles. The first-order valence-corrected chi connectivity index (χ1v) is 5.91. The Hall–Kier alpha value is -2.23. The van der Waals surface area contributed by atoms with Crippen molar-refractivity contribution >= 4 is 11.7 Å². The lowest BCUT2D eigenvalue weighted by molar-refractivity contribution is -0.138. The smallest absolute Gasteiger partial charge is 0.332 e. The van der Waals surface area contributed by atoms with E-state index >= 15 is 0 Å². The fraction of sp³-hybridized carbons (Fsp3) is 0.214. The zero-order chi connectivity index (χ0) is 13.0. The average Bonchev–Trinajstić information content (AvgIpc) is 2.89. The fourth-order valence-electron chi connectivity index (χ4n) is 2.08. The van der Waals surface area contributed by atoms with Crippen molar-refractivity contribution in [2.45, 2.75) is 13.0 Å². The Kier molecular flexibility index (Phi) is 3.67. The number of carbonyl (C=O) groups is 1. The largest absolute Gasteiger partial charge is 0.479 e. The van der Waals surface area contributed by atoms with Crippen LogP contribution < -0.4 is 4.90 Å². The number of H-pyrrole nitrogens is 1. The fourth-order valence-corrected chi connectivity index (χ4v) is 2.08. The van der Waals surface area contributed by atoms with E-state index in [2.05, 4.69) is 4.98 Å². The van der Waals surface area contributed by atoms with Gasteiger partial charge in [-0.1, -0.05) is 18.2 Å². The summed E-state index contributed by atoms with van der Waals surface area (Å²) in [4.78, 5) is 16.3. The highest BCUT2D eigenvalue weighted by molar-refractivity contribution is 5.79. The predicted molar refractivity (Wildman–Crippen MR) is 70.6 cm³/mol. The van der Waals surface area contributed by atoms with Crippen LogP contribution in [-0.4, -0.2) is 22.6 Å². The van der Waals surface area contributed by atoms with E-state index in [1.165, 1.54) is 0 Å². The van der Waals surface area contributed by atoms with Crippen LogP contribution in [0.5, 0.6) is 0 Å². The predicted octanol–water partition coefficient (Wildman–Crippen LogP) is 2.67. The molecule has 1 aromatic carbocycles. The van der Waals surface area contributed by atoms with Crippen LogP contribution in [0, 0.1) is 0 Å². The van der Waals surface area contributed by atoms with Crippen molar-refractivity contribution in [2.75, 3.05) is 11.4 Å². The molecule has 0 amide bonds. The quantitative estimate of drug-likeness (QED) is 0.850. The maximum atomic E-state index is 11.5. The number of aromatic nitrogens is 1. The van der Waals surface area contributed by atoms with Crippen LogP contribution in [0.4, 0.5) is 5.69 Å². The van der Waals surface area contributed by atoms with Gasteiger partial charge in [-0.15, -0.1) is 0 Å². The van der Waals surface area contributed by atoms with Crippen LogP contribution in [0.2, 0.25) is 0 Å². The minimum atomic E-state index is -0.858. The molecular formula is C14H16N2O2. The first-order valence-electron chi connectivity index (χ1n) is 5.91. The molecule has 1 unspecified atom stereocenters. The van der Waals surface area contributed by atoms with Crippen molar-refractivity contribution in [2.24, 2.45) is 0 Å². The average molecular weight is 244 g/mol. The number of hydrogen-bond acceptors (Lipinski definition) is 2. The van der Waals surface area contributed by atoms with Crippen LogP contribution in [-0.2, 0) is 4.79 Å². The summed E-state index contributed by atoms with van der Waals surface area (Å²) < 4.78 is 0. The molecule has 18 heavy (non-hydrogen) atoms. The number of aromatic amines is 1. The minimum Gasteiger partial charge on any atom is -0.479 e. The van der Waals surface area contributed by atoms with E-state index < -0.39 is 12.0 Å². The molecule has 0 spiro atoms. The Morgan fingerprint density at radius 3 is 2.50 bits per heavy atom. The van der Waals surface area contributed by atoms with Gasteiger partial charge in [0.15, 0.2) is 6.04 Å². The van der Waals surface area contributed by atoms with Gasteiger partial charge in [-0.05, 0) is 31.2 Å². The van der Waals surface area contributed by atoms with Crippen molar-refractivity contribution in [1.82, 2.24) is 4.98 Å². The molecule has 1 atom stereocenters. The van der Waals surface area contributed by atoms with Crippen LogP contribution >= 0.6 is 0 Å². The molecule has 2 aromatic rings. The molecule has 0 bridgehead atoms. The number of nitrogens with one attached hydrogen (secondary N) is 1. The van der Waals surface area contributed by atoms with Crippen molar-refractivity contribution in [3.63, 3.8) is 0 Å². The van der Waals surface area contributed by atoms with E-state index in [1.54, 1.807) is 12.3 Å². The zero-order valence-corrected chi connectivity index (χ0v) is 10.2. The Morgan fingerprint density at radius 1 is 1.28 bits per heavy atom. The van der Waals surface area contributed by atoms with Crippen molar-refractivity contribution in [3.8, 4) is 0 Å². The molecule has 4 heteroatoms. The third kappa shape index (κ3) is 2.37. The lowest BCUT2D eigenvalue weighted by atomic mass is 10.1. The van der Waals surface area contributed by atoms with Gasteiger partial charge in [-0.25, -0.2) is 4.79 Å². The van der Waals surface area contributed by atoms with Gasteiger partial charge in [0.1, 0.15) is 0 Å². The zero-order valence-electron chi connectivity index (χ0n) is 10.2. The molecule has 1 heterocycles. The summed E-state index contributed by atoms with van der Waals surface area (Å²) in [6.45, 7) is 2.58. The van der Waals surface area contributed by atoms with Crippen molar-refractivity contribution < 1.29 is 9.90 Å². The molecule has 0 saturated carbocycles. The number of carboxylic acid groups (broad SMARTS) is 1. The van der Waals surface area contributed by atoms with E-state index in [-0.39, 0.29) is 0 Å². The van der Waals surface area contributed by atoms with Crippen LogP contribution in [0.1, 0.15) is 18.7 Å². The third-order valence-electron chi connectivity index (χ3n) is 2.89. The van der Waals surface area contributed by atoms with Gasteiger partial charge >= 0.3 is 5.97 Å². The molecule has 2 rings (SSSR count). The molecule has 0 aliphatic heterocycles. The standard InChI is InChI=1S/C14H16N2O2/c1-2-16(11-7-4-3-5-8-11)13(14(17)18)12-9-6-10-15-12/h3-10,13,15H,2H2,1H3,(H,17,18). The summed E-state index contributed by atoms with van der Waals surface area (Å²) in [5.74, 6) is -0.858. The first-order chi connectivity index (χ1) is 8.74. The van der Waals surface area contributed by atoms with Gasteiger partial charge in [0, 0.05) is 24.1 Å². The number of benzene rings is 1. The maximum absolute atomic E-state index is 11.5. The number of nitrogens with zero attached hydrogens (tertiary/aromatic N) is 1. The molecule has 2 N–H and O–H groups in total. The van der Waals surface area contributed by atoms with Crippen LogP contribution in [0.25, 0.3) is 0 Å². The lowest BCUT2D eigenvalue weighted by Crippen LogP contribution is -2.34. The van der Waals surface area contributed by atoms with Gasteiger partial charge in [-0.3, -0.25) is 0 Å². The second kappa shape index (κ2) is 5.40. The molecule has 4 nitrogen and oxygen atoms in total. The Morgan fingerprint density at radius 2 is 2.00 bits per heavy atom. The minimum absolute atomic E-state index is 0.625. The van der Waals surface area contributed by atoms with Gasteiger partial charge in [-0.2, -0.15) is 0 Å². The third-order valence-corrected chi connectivity index (χ3v) is 2.89. The topological polar surface area (TPSA) is 56.3 Å². The van der Waals surface area contributed by atoms with E-state index in [1.807, 2.05) is 48.2 Å². The Labute approximate surface area is 106 Å². The lowest BCUT2D eigenvalue weighted by Gasteiger charge is -2.29. The SMILES string of the molecule is CCN(c1ccccc1)C(C(=O)O)c1ccc[nH]1. The Balaban J connectivity index is 2.38. The summed E-state index contributed by atoms with van der Waals surface area (Å²) in [5, 5.41) is 9.45. The van der Waals surface area contributed by atoms with Crippen molar-refractivity contribution in [1.29, 1.82) is 0 Å². The maximum Gasteiger partial charge on any atom is 0.332 e. The van der Waals surface area contributed by atoms with E-state index in [0.717, 1.165) is 5.69 Å². The molecule has 0 aliphatic rings. The summed E-state index contributed by atoms with van der Waals surface area (Å²) in [6, 6.07) is 12.5. The number of aliphatic carboxylic acids is 1. The second-order valence-corrected chi connectivity index (χ2v) is 3.99. The highest BCUT2D eigenvalue weighted by Gasteiger charge is 2.27. The van der Waals surface area contributed by atoms with Crippen molar-refractivity contribution in [3.05, 3.63) is 54.4 Å². The number of carboxylic acids is 1. The van der Waals surface area contributed by atoms with Crippen LogP contribution in [0.3, 0.4) is 0 Å². The van der Waals surface area contributed by atoms with Crippen LogP contribution in [0.15, 0.2) is 48.7 Å². The van der Waals surface area contributed by atoms with Gasteiger partial charge in [0.2, 0.25) is 0 Å². The highest BCUT2D eigenvalue weighted by Crippen LogP contribution is 2.26. The normalized spacial score (nSPS) is 12.1. The van der Waals surface area contributed by atoms with Gasteiger partial charge in [0.05, 0.1) is 0 Å². The number of anilines is 1. The van der Waals surface area contributed by atoms with E-state index in [4.69, 9.17) is 0 Å². The molecule has 94 valence electrons. The summed E-state index contributed by atoms with van der Waals surface area (Å²) >= 11 is 0. The first kappa shape index (κ1) is 12.2. The number of likely N-dealkylation sites (N-methyl/N-ethyl adjacent to an activating group) is 1. The Bertz CT molecular complexity index is 494. The molecular weight excluding hydrogens is 228 g/mol. The molecule has 0 saturated heterocycles. The van der Waals surface area contributed by atoms with Gasteiger partial charge < -0.3 is 15.0 Å². The highest BCUT2D eigenvalue weighted by atomic mass is 16.4. The second-order valence-electron chi connectivity index (χ2n) is 3.99. The van der Waals surface area contributed by atoms with E-state index in [9.17, 15) is 9.90 Å². The van der Waals surface area contributed by atoms with E-state index in [0.29, 0.717) is 12.2 Å². The number of hydrogen-bond donors (Lipinski definition) is 2.